The van der Waals surface area contributed by atoms with Crippen LogP contribution in [0.2, 0.25) is 0 Å². The molecule has 2 aromatic carbocycles. The van der Waals surface area contributed by atoms with Gasteiger partial charge in [0.15, 0.2) is 0 Å². The Balaban J connectivity index is 1.87. The molecule has 1 amide bonds. The Bertz CT molecular complexity index is 697. The van der Waals surface area contributed by atoms with Gasteiger partial charge in [0.05, 0.1) is 0 Å². The summed E-state index contributed by atoms with van der Waals surface area (Å²) in [7, 11) is 0. The molecule has 2 N–H and O–H groups in total. The van der Waals surface area contributed by atoms with Crippen molar-refractivity contribution < 1.29 is 9.18 Å². The monoisotopic (exact) mass is 284 g/mol. The van der Waals surface area contributed by atoms with Crippen molar-refractivity contribution in [2.45, 2.75) is 19.9 Å². The molecule has 1 aliphatic heterocycles. The summed E-state index contributed by atoms with van der Waals surface area (Å²) in [5.74, 6) is -0.496. The minimum Gasteiger partial charge on any atom is -0.322 e. The van der Waals surface area contributed by atoms with E-state index >= 15 is 0 Å². The SMILES string of the molecule is Cc1ccc(NC(=O)c2cccc3c2CCNC3)cc1F. The minimum absolute atomic E-state index is 0.183. The van der Waals surface area contributed by atoms with Crippen molar-refractivity contribution in [3.05, 3.63) is 64.5 Å². The third-order valence-corrected chi connectivity index (χ3v) is 3.81. The van der Waals surface area contributed by atoms with Gasteiger partial charge in [-0.05, 0) is 54.8 Å². The largest absolute Gasteiger partial charge is 0.322 e. The van der Waals surface area contributed by atoms with E-state index in [9.17, 15) is 9.18 Å². The van der Waals surface area contributed by atoms with Crippen LogP contribution >= 0.6 is 0 Å². The number of carbonyl (C=O) groups excluding carboxylic acids is 1. The van der Waals surface area contributed by atoms with E-state index in [0.717, 1.165) is 30.6 Å². The Morgan fingerprint density at radius 2 is 2.14 bits per heavy atom. The zero-order chi connectivity index (χ0) is 14.8. The number of rotatable bonds is 2. The van der Waals surface area contributed by atoms with Gasteiger partial charge < -0.3 is 10.6 Å². The third-order valence-electron chi connectivity index (χ3n) is 3.81. The highest BCUT2D eigenvalue weighted by molar-refractivity contribution is 6.05. The van der Waals surface area contributed by atoms with Crippen LogP contribution in [0.25, 0.3) is 0 Å². The number of benzene rings is 2. The second-order valence-electron chi connectivity index (χ2n) is 5.29. The molecule has 1 aliphatic rings. The summed E-state index contributed by atoms with van der Waals surface area (Å²) in [6.45, 7) is 3.35. The fourth-order valence-corrected chi connectivity index (χ4v) is 2.61. The van der Waals surface area contributed by atoms with E-state index in [0.29, 0.717) is 16.8 Å². The minimum atomic E-state index is -0.313. The number of hydrogen-bond donors (Lipinski definition) is 2. The number of amides is 1. The van der Waals surface area contributed by atoms with E-state index in [1.165, 1.54) is 6.07 Å². The van der Waals surface area contributed by atoms with Crippen LogP contribution in [0.15, 0.2) is 36.4 Å². The van der Waals surface area contributed by atoms with E-state index in [4.69, 9.17) is 0 Å². The highest BCUT2D eigenvalue weighted by atomic mass is 19.1. The van der Waals surface area contributed by atoms with E-state index in [1.807, 2.05) is 18.2 Å². The van der Waals surface area contributed by atoms with Crippen LogP contribution in [0.1, 0.15) is 27.0 Å². The molecule has 0 radical (unpaired) electrons. The first kappa shape index (κ1) is 13.8. The summed E-state index contributed by atoms with van der Waals surface area (Å²) in [5.41, 5.74) is 3.96. The zero-order valence-electron chi connectivity index (χ0n) is 11.9. The highest BCUT2D eigenvalue weighted by Crippen LogP contribution is 2.21. The lowest BCUT2D eigenvalue weighted by Gasteiger charge is -2.20. The summed E-state index contributed by atoms with van der Waals surface area (Å²) in [5, 5.41) is 6.07. The second kappa shape index (κ2) is 5.66. The average molecular weight is 284 g/mol. The Morgan fingerprint density at radius 3 is 2.95 bits per heavy atom. The number of nitrogens with one attached hydrogen (secondary N) is 2. The molecule has 0 aromatic heterocycles. The number of aryl methyl sites for hydroxylation is 1. The van der Waals surface area contributed by atoms with E-state index in [2.05, 4.69) is 10.6 Å². The molecule has 108 valence electrons. The van der Waals surface area contributed by atoms with E-state index < -0.39 is 0 Å². The molecule has 0 saturated carbocycles. The molecular formula is C17H17FN2O. The van der Waals surface area contributed by atoms with Gasteiger partial charge in [-0.15, -0.1) is 0 Å². The molecule has 0 unspecified atom stereocenters. The van der Waals surface area contributed by atoms with Crippen molar-refractivity contribution in [2.75, 3.05) is 11.9 Å². The lowest BCUT2D eigenvalue weighted by molar-refractivity contribution is 0.102. The van der Waals surface area contributed by atoms with Gasteiger partial charge in [-0.3, -0.25) is 4.79 Å². The topological polar surface area (TPSA) is 41.1 Å². The van der Waals surface area contributed by atoms with Crippen LogP contribution in [0, 0.1) is 12.7 Å². The molecule has 3 nitrogen and oxygen atoms in total. The molecule has 0 atom stereocenters. The maximum Gasteiger partial charge on any atom is 0.255 e. The normalized spacial score (nSPS) is 13.6. The van der Waals surface area contributed by atoms with Gasteiger partial charge in [-0.25, -0.2) is 4.39 Å². The number of fused-ring (bicyclic) bond motifs is 1. The Hall–Kier alpha value is -2.20. The van der Waals surface area contributed by atoms with Gasteiger partial charge in [0, 0.05) is 17.8 Å². The van der Waals surface area contributed by atoms with Gasteiger partial charge in [-0.2, -0.15) is 0 Å². The maximum atomic E-state index is 13.5. The lowest BCUT2D eigenvalue weighted by atomic mass is 9.95. The molecule has 2 aromatic rings. The maximum absolute atomic E-state index is 13.5. The average Bonchev–Trinajstić information content (AvgIpc) is 2.50. The standard InChI is InChI=1S/C17H17FN2O/c1-11-5-6-13(9-16(11)18)20-17(21)15-4-2-3-12-10-19-8-7-14(12)15/h2-6,9,19H,7-8,10H2,1H3,(H,20,21). The zero-order valence-corrected chi connectivity index (χ0v) is 11.9. The molecule has 0 spiro atoms. The molecular weight excluding hydrogens is 267 g/mol. The predicted octanol–water partition coefficient (Wildman–Crippen LogP) is 3.03. The van der Waals surface area contributed by atoms with Crippen LogP contribution < -0.4 is 10.6 Å². The van der Waals surface area contributed by atoms with Gasteiger partial charge in [0.2, 0.25) is 0 Å². The highest BCUT2D eigenvalue weighted by Gasteiger charge is 2.17. The van der Waals surface area contributed by atoms with Crippen LogP contribution in [-0.4, -0.2) is 12.5 Å². The molecule has 4 heteroatoms. The number of anilines is 1. The predicted molar refractivity (Wildman–Crippen MR) is 80.9 cm³/mol. The summed E-state index contributed by atoms with van der Waals surface area (Å²) < 4.78 is 13.5. The fraction of sp³-hybridized carbons (Fsp3) is 0.235. The van der Waals surface area contributed by atoms with Crippen molar-refractivity contribution in [2.24, 2.45) is 0 Å². The smallest absolute Gasteiger partial charge is 0.255 e. The van der Waals surface area contributed by atoms with Crippen LogP contribution in [0.4, 0.5) is 10.1 Å². The Kier molecular flexibility index (Phi) is 3.71. The Morgan fingerprint density at radius 1 is 1.29 bits per heavy atom. The van der Waals surface area contributed by atoms with Crippen molar-refractivity contribution in [1.82, 2.24) is 5.32 Å². The third kappa shape index (κ3) is 2.81. The van der Waals surface area contributed by atoms with E-state index in [1.54, 1.807) is 19.1 Å². The summed E-state index contributed by atoms with van der Waals surface area (Å²) in [6.07, 6.45) is 0.835. The molecule has 3 rings (SSSR count). The number of halogens is 1. The van der Waals surface area contributed by atoms with Crippen molar-refractivity contribution in [3.63, 3.8) is 0 Å². The van der Waals surface area contributed by atoms with Crippen LogP contribution in [-0.2, 0) is 13.0 Å². The molecule has 1 heterocycles. The van der Waals surface area contributed by atoms with Gasteiger partial charge >= 0.3 is 0 Å². The van der Waals surface area contributed by atoms with Crippen molar-refractivity contribution >= 4 is 11.6 Å². The first-order chi connectivity index (χ1) is 10.1. The van der Waals surface area contributed by atoms with Gasteiger partial charge in [0.1, 0.15) is 5.82 Å². The number of carbonyl (C=O) groups is 1. The molecule has 0 saturated heterocycles. The molecule has 0 bridgehead atoms. The molecule has 0 fully saturated rings. The van der Waals surface area contributed by atoms with Crippen molar-refractivity contribution in [3.8, 4) is 0 Å². The quantitative estimate of drug-likeness (QED) is 0.890. The van der Waals surface area contributed by atoms with Gasteiger partial charge in [-0.1, -0.05) is 18.2 Å². The summed E-state index contributed by atoms with van der Waals surface area (Å²) in [4.78, 5) is 12.4. The Labute approximate surface area is 123 Å². The first-order valence-corrected chi connectivity index (χ1v) is 7.04. The molecule has 21 heavy (non-hydrogen) atoms. The van der Waals surface area contributed by atoms with E-state index in [-0.39, 0.29) is 11.7 Å². The van der Waals surface area contributed by atoms with Crippen LogP contribution in [0.5, 0.6) is 0 Å². The summed E-state index contributed by atoms with van der Waals surface area (Å²) >= 11 is 0. The van der Waals surface area contributed by atoms with Crippen LogP contribution in [0.3, 0.4) is 0 Å². The van der Waals surface area contributed by atoms with Gasteiger partial charge in [0.25, 0.3) is 5.91 Å². The lowest BCUT2D eigenvalue weighted by Crippen LogP contribution is -2.26. The number of hydrogen-bond acceptors (Lipinski definition) is 2. The summed E-state index contributed by atoms with van der Waals surface area (Å²) in [6, 6.07) is 10.5. The van der Waals surface area contributed by atoms with Crippen molar-refractivity contribution in [1.29, 1.82) is 0 Å². The fourth-order valence-electron chi connectivity index (χ4n) is 2.61. The molecule has 0 aliphatic carbocycles. The second-order valence-corrected chi connectivity index (χ2v) is 5.29. The first-order valence-electron chi connectivity index (χ1n) is 7.04.